The smallest absolute Gasteiger partial charge is 0.249 e. The van der Waals surface area contributed by atoms with E-state index in [4.69, 9.17) is 9.47 Å². The van der Waals surface area contributed by atoms with Crippen molar-refractivity contribution in [3.05, 3.63) is 24.3 Å². The van der Waals surface area contributed by atoms with E-state index in [9.17, 15) is 40.5 Å². The zero-order chi connectivity index (χ0) is 46.9. The topological polar surface area (TPSA) is 189 Å². The van der Waals surface area contributed by atoms with Crippen molar-refractivity contribution in [1.82, 2.24) is 5.32 Å². The van der Waals surface area contributed by atoms with Gasteiger partial charge < -0.3 is 50.5 Å². The Bertz CT molecular complexity index is 1090. The molecular weight excluding hydrogens is 811 g/mol. The van der Waals surface area contributed by atoms with Crippen LogP contribution in [0.3, 0.4) is 0 Å². The Hall–Kier alpha value is -1.41. The molecule has 0 aromatic heterocycles. The molecule has 1 aliphatic rings. The van der Waals surface area contributed by atoms with E-state index in [1.165, 1.54) is 141 Å². The standard InChI is InChI=1S/C53H101NO10/c1-3-5-7-9-11-13-15-17-19-20-21-22-23-24-25-27-29-31-33-35-37-39-41-46(57)52(62)54-44(43-63-53-51(61)50(60)49(59)47(42-55)64-53)48(58)45(56)40-38-36-34-32-30-28-26-18-16-14-12-10-8-6-4-2/h24-25,32,34,44-51,53,55-61H,3-23,26-31,33,35-43H2,1-2H3,(H,54,62)/b25-24-,34-32+. The highest BCUT2D eigenvalue weighted by Gasteiger charge is 2.44. The first-order chi connectivity index (χ1) is 31.2. The molecular formula is C53H101NO10. The molecule has 1 aliphatic heterocycles. The second-order valence-corrected chi connectivity index (χ2v) is 18.9. The van der Waals surface area contributed by atoms with Gasteiger partial charge in [-0.3, -0.25) is 4.79 Å². The summed E-state index contributed by atoms with van der Waals surface area (Å²) in [5, 5.41) is 75.9. The summed E-state index contributed by atoms with van der Waals surface area (Å²) < 4.78 is 11.1. The van der Waals surface area contributed by atoms with E-state index in [2.05, 4.69) is 43.5 Å². The van der Waals surface area contributed by atoms with Crippen LogP contribution in [0.25, 0.3) is 0 Å². The summed E-state index contributed by atoms with van der Waals surface area (Å²) in [6, 6.07) is -1.19. The van der Waals surface area contributed by atoms with Crippen LogP contribution in [-0.2, 0) is 14.3 Å². The molecule has 378 valence electrons. The van der Waals surface area contributed by atoms with Gasteiger partial charge in [-0.15, -0.1) is 0 Å². The van der Waals surface area contributed by atoms with Gasteiger partial charge >= 0.3 is 0 Å². The summed E-state index contributed by atoms with van der Waals surface area (Å²) in [6.07, 6.45) is 38.0. The first-order valence-electron chi connectivity index (χ1n) is 26.7. The quantitative estimate of drug-likeness (QED) is 0.0216. The molecule has 1 rings (SSSR count). The molecule has 1 amide bonds. The number of aliphatic hydroxyl groups excluding tert-OH is 7. The molecule has 9 atom stereocenters. The average molecular weight is 912 g/mol. The van der Waals surface area contributed by atoms with Crippen LogP contribution in [0.1, 0.15) is 239 Å². The van der Waals surface area contributed by atoms with Crippen LogP contribution in [0.4, 0.5) is 0 Å². The van der Waals surface area contributed by atoms with Crippen LogP contribution >= 0.6 is 0 Å². The van der Waals surface area contributed by atoms with E-state index in [-0.39, 0.29) is 12.8 Å². The largest absolute Gasteiger partial charge is 0.394 e. The lowest BCUT2D eigenvalue weighted by Crippen LogP contribution is -2.60. The van der Waals surface area contributed by atoms with Crippen LogP contribution in [0, 0.1) is 0 Å². The third-order valence-electron chi connectivity index (χ3n) is 13.0. The van der Waals surface area contributed by atoms with Crippen LogP contribution in [0.15, 0.2) is 24.3 Å². The molecule has 0 radical (unpaired) electrons. The molecule has 9 unspecified atom stereocenters. The molecule has 1 heterocycles. The van der Waals surface area contributed by atoms with E-state index in [0.717, 1.165) is 57.8 Å². The lowest BCUT2D eigenvalue weighted by molar-refractivity contribution is -0.303. The third kappa shape index (κ3) is 31.5. The SMILES string of the molecule is CCCCCCCCCCCC/C=C/CCCC(O)C(O)C(COC1OC(CO)C(O)C(O)C1O)NC(=O)C(O)CCCCCCCC/C=C\CCCCCCCCCCCCCC. The summed E-state index contributed by atoms with van der Waals surface area (Å²) in [5.41, 5.74) is 0. The number of aliphatic hydroxyl groups is 7. The van der Waals surface area contributed by atoms with Gasteiger partial charge in [-0.05, 0) is 64.2 Å². The fourth-order valence-corrected chi connectivity index (χ4v) is 8.55. The maximum Gasteiger partial charge on any atom is 0.249 e. The van der Waals surface area contributed by atoms with Gasteiger partial charge in [0.25, 0.3) is 0 Å². The van der Waals surface area contributed by atoms with E-state index in [0.29, 0.717) is 12.8 Å². The second kappa shape index (κ2) is 42.9. The lowest BCUT2D eigenvalue weighted by Gasteiger charge is -2.40. The summed E-state index contributed by atoms with van der Waals surface area (Å²) >= 11 is 0. The molecule has 11 heteroatoms. The van der Waals surface area contributed by atoms with Crippen LogP contribution in [0.2, 0.25) is 0 Å². The maximum absolute atomic E-state index is 13.1. The number of nitrogens with one attached hydrogen (secondary N) is 1. The van der Waals surface area contributed by atoms with Gasteiger partial charge in [0, 0.05) is 0 Å². The van der Waals surface area contributed by atoms with Crippen LogP contribution in [-0.4, -0.2) is 110 Å². The number of rotatable bonds is 45. The molecule has 0 saturated carbocycles. The van der Waals surface area contributed by atoms with Gasteiger partial charge in [0.2, 0.25) is 5.91 Å². The highest BCUT2D eigenvalue weighted by atomic mass is 16.7. The Kier molecular flexibility index (Phi) is 40.6. The van der Waals surface area contributed by atoms with Crippen molar-refractivity contribution in [1.29, 1.82) is 0 Å². The third-order valence-corrected chi connectivity index (χ3v) is 13.0. The Morgan fingerprint density at radius 1 is 0.531 bits per heavy atom. The normalized spacial score (nSPS) is 21.2. The highest BCUT2D eigenvalue weighted by molar-refractivity contribution is 5.80. The number of amides is 1. The predicted molar refractivity (Wildman–Crippen MR) is 261 cm³/mol. The fraction of sp³-hybridized carbons (Fsp3) is 0.906. The number of carbonyl (C=O) groups is 1. The molecule has 1 fully saturated rings. The summed E-state index contributed by atoms with van der Waals surface area (Å²) in [4.78, 5) is 13.1. The van der Waals surface area contributed by atoms with Crippen molar-refractivity contribution in [3.8, 4) is 0 Å². The molecule has 0 aromatic rings. The predicted octanol–water partition coefficient (Wildman–Crippen LogP) is 10.2. The zero-order valence-corrected chi connectivity index (χ0v) is 41.0. The molecule has 0 aromatic carbocycles. The van der Waals surface area contributed by atoms with E-state index >= 15 is 0 Å². The minimum Gasteiger partial charge on any atom is -0.394 e. The van der Waals surface area contributed by atoms with Gasteiger partial charge in [-0.1, -0.05) is 199 Å². The molecule has 8 N–H and O–H groups in total. The highest BCUT2D eigenvalue weighted by Crippen LogP contribution is 2.23. The van der Waals surface area contributed by atoms with Crippen molar-refractivity contribution >= 4 is 5.91 Å². The van der Waals surface area contributed by atoms with Crippen molar-refractivity contribution in [2.45, 2.75) is 294 Å². The first-order valence-corrected chi connectivity index (χ1v) is 26.7. The van der Waals surface area contributed by atoms with Gasteiger partial charge in [0.15, 0.2) is 6.29 Å². The van der Waals surface area contributed by atoms with E-state index in [1.807, 2.05) is 0 Å². The zero-order valence-electron chi connectivity index (χ0n) is 41.0. The van der Waals surface area contributed by atoms with Gasteiger partial charge in [-0.2, -0.15) is 0 Å². The Morgan fingerprint density at radius 3 is 1.34 bits per heavy atom. The van der Waals surface area contributed by atoms with E-state index < -0.39 is 74.2 Å². The van der Waals surface area contributed by atoms with Crippen molar-refractivity contribution in [2.24, 2.45) is 0 Å². The average Bonchev–Trinajstić information content (AvgIpc) is 3.29. The van der Waals surface area contributed by atoms with Crippen molar-refractivity contribution in [2.75, 3.05) is 13.2 Å². The van der Waals surface area contributed by atoms with Crippen LogP contribution in [0.5, 0.6) is 0 Å². The second-order valence-electron chi connectivity index (χ2n) is 18.9. The van der Waals surface area contributed by atoms with Gasteiger partial charge in [-0.25, -0.2) is 0 Å². The summed E-state index contributed by atoms with van der Waals surface area (Å²) in [6.45, 7) is 3.44. The number of carbonyl (C=O) groups excluding carboxylic acids is 1. The Labute approximate surface area is 391 Å². The number of allylic oxidation sites excluding steroid dienone is 4. The number of hydrogen-bond acceptors (Lipinski definition) is 10. The Balaban J connectivity index is 2.37. The molecule has 0 bridgehead atoms. The maximum atomic E-state index is 13.1. The minimum absolute atomic E-state index is 0.248. The fourth-order valence-electron chi connectivity index (χ4n) is 8.55. The number of hydrogen-bond donors (Lipinski definition) is 8. The van der Waals surface area contributed by atoms with Gasteiger partial charge in [0.05, 0.1) is 25.4 Å². The minimum atomic E-state index is -1.67. The van der Waals surface area contributed by atoms with E-state index in [1.54, 1.807) is 0 Å². The van der Waals surface area contributed by atoms with Crippen molar-refractivity contribution in [3.63, 3.8) is 0 Å². The molecule has 0 aliphatic carbocycles. The monoisotopic (exact) mass is 912 g/mol. The van der Waals surface area contributed by atoms with Crippen LogP contribution < -0.4 is 5.32 Å². The summed E-state index contributed by atoms with van der Waals surface area (Å²) in [7, 11) is 0. The van der Waals surface area contributed by atoms with Crippen molar-refractivity contribution < 1.29 is 50.0 Å². The summed E-state index contributed by atoms with van der Waals surface area (Å²) in [5.74, 6) is -0.709. The Morgan fingerprint density at radius 2 is 0.922 bits per heavy atom. The number of ether oxygens (including phenoxy) is 2. The molecule has 0 spiro atoms. The molecule has 1 saturated heterocycles. The first kappa shape index (κ1) is 60.6. The molecule has 11 nitrogen and oxygen atoms in total. The lowest BCUT2D eigenvalue weighted by atomic mass is 9.98. The van der Waals surface area contributed by atoms with Gasteiger partial charge in [0.1, 0.15) is 36.6 Å². The molecule has 64 heavy (non-hydrogen) atoms. The number of unbranched alkanes of at least 4 members (excludes halogenated alkanes) is 29.